The maximum absolute atomic E-state index is 13.1. The van der Waals surface area contributed by atoms with Gasteiger partial charge in [0.25, 0.3) is 0 Å². The molecule has 0 unspecified atom stereocenters. The Bertz CT molecular complexity index is 801. The zero-order chi connectivity index (χ0) is 21.8. The fourth-order valence-corrected chi connectivity index (χ4v) is 4.30. The van der Waals surface area contributed by atoms with Crippen molar-refractivity contribution in [3.05, 3.63) is 70.7 Å². The molecule has 0 radical (unpaired) electrons. The Hall–Kier alpha value is -1.98. The van der Waals surface area contributed by atoms with Gasteiger partial charge in [-0.25, -0.2) is 0 Å². The maximum Gasteiger partial charge on any atom is 0.242 e. The molecule has 2 aromatic rings. The first kappa shape index (κ1) is 24.3. The molecular formula is C24H31ClN2O2S. The highest BCUT2D eigenvalue weighted by Crippen LogP contribution is 2.18. The number of hydrogen-bond acceptors (Lipinski definition) is 3. The van der Waals surface area contributed by atoms with E-state index in [1.807, 2.05) is 56.3 Å². The van der Waals surface area contributed by atoms with Gasteiger partial charge in [-0.1, -0.05) is 67.9 Å². The molecule has 30 heavy (non-hydrogen) atoms. The van der Waals surface area contributed by atoms with Crippen molar-refractivity contribution in [2.75, 3.05) is 18.8 Å². The molecule has 0 spiro atoms. The highest BCUT2D eigenvalue weighted by atomic mass is 35.5. The van der Waals surface area contributed by atoms with Crippen molar-refractivity contribution in [3.8, 4) is 0 Å². The minimum absolute atomic E-state index is 0.00328. The summed E-state index contributed by atoms with van der Waals surface area (Å²) in [6, 6.07) is 17.3. The lowest BCUT2D eigenvalue weighted by Gasteiger charge is -2.30. The van der Waals surface area contributed by atoms with Gasteiger partial charge in [-0.05, 0) is 42.5 Å². The van der Waals surface area contributed by atoms with Gasteiger partial charge in [-0.3, -0.25) is 9.59 Å². The minimum Gasteiger partial charge on any atom is -0.354 e. The zero-order valence-electron chi connectivity index (χ0n) is 17.8. The molecule has 2 rings (SSSR count). The summed E-state index contributed by atoms with van der Waals surface area (Å²) in [7, 11) is 0. The molecule has 0 aromatic heterocycles. The van der Waals surface area contributed by atoms with E-state index in [-0.39, 0.29) is 11.8 Å². The average molecular weight is 447 g/mol. The first-order valence-corrected chi connectivity index (χ1v) is 12.0. The maximum atomic E-state index is 13.1. The summed E-state index contributed by atoms with van der Waals surface area (Å²) >= 11 is 7.59. The molecule has 4 nitrogen and oxygen atoms in total. The Balaban J connectivity index is 2.03. The summed E-state index contributed by atoms with van der Waals surface area (Å²) in [5.74, 6) is 0.966. The highest BCUT2D eigenvalue weighted by Gasteiger charge is 2.27. The summed E-state index contributed by atoms with van der Waals surface area (Å²) in [5.41, 5.74) is 2.24. The van der Waals surface area contributed by atoms with Crippen molar-refractivity contribution in [1.82, 2.24) is 10.2 Å². The van der Waals surface area contributed by atoms with E-state index in [2.05, 4.69) is 17.4 Å². The van der Waals surface area contributed by atoms with Crippen molar-refractivity contribution in [2.24, 2.45) is 0 Å². The van der Waals surface area contributed by atoms with Gasteiger partial charge in [0, 0.05) is 23.9 Å². The van der Waals surface area contributed by atoms with Crippen LogP contribution in [-0.2, 0) is 21.8 Å². The fourth-order valence-electron chi connectivity index (χ4n) is 3.23. The van der Waals surface area contributed by atoms with Crippen LogP contribution in [0.4, 0.5) is 0 Å². The van der Waals surface area contributed by atoms with Crippen molar-refractivity contribution in [2.45, 2.75) is 44.9 Å². The second-order valence-electron chi connectivity index (χ2n) is 7.16. The predicted molar refractivity (Wildman–Crippen MR) is 127 cm³/mol. The van der Waals surface area contributed by atoms with Gasteiger partial charge < -0.3 is 10.2 Å². The van der Waals surface area contributed by atoms with Crippen LogP contribution in [0.5, 0.6) is 0 Å². The smallest absolute Gasteiger partial charge is 0.242 e. The summed E-state index contributed by atoms with van der Waals surface area (Å²) in [5, 5.41) is 3.65. The Morgan fingerprint density at radius 1 is 1.07 bits per heavy atom. The molecule has 0 bridgehead atoms. The molecule has 0 aliphatic rings. The second-order valence-corrected chi connectivity index (χ2v) is 8.58. The minimum atomic E-state index is -0.445. The van der Waals surface area contributed by atoms with Crippen LogP contribution in [0.15, 0.2) is 54.6 Å². The molecule has 0 saturated heterocycles. The lowest BCUT2D eigenvalue weighted by Crippen LogP contribution is -2.50. The van der Waals surface area contributed by atoms with Gasteiger partial charge in [0.1, 0.15) is 6.04 Å². The molecule has 2 amide bonds. The van der Waals surface area contributed by atoms with Crippen LogP contribution in [0, 0.1) is 0 Å². The molecule has 0 aliphatic carbocycles. The van der Waals surface area contributed by atoms with Crippen molar-refractivity contribution in [3.63, 3.8) is 0 Å². The van der Waals surface area contributed by atoms with Gasteiger partial charge in [0.15, 0.2) is 0 Å². The summed E-state index contributed by atoms with van der Waals surface area (Å²) in [6.07, 6.45) is 2.19. The van der Waals surface area contributed by atoms with Gasteiger partial charge in [0.05, 0.1) is 5.75 Å². The van der Waals surface area contributed by atoms with E-state index >= 15 is 0 Å². The van der Waals surface area contributed by atoms with Crippen molar-refractivity contribution >= 4 is 35.2 Å². The Morgan fingerprint density at radius 3 is 2.47 bits per heavy atom. The number of carbonyl (C=O) groups is 2. The molecule has 0 heterocycles. The number of thioether (sulfide) groups is 1. The number of amides is 2. The Morgan fingerprint density at radius 2 is 1.80 bits per heavy atom. The van der Waals surface area contributed by atoms with E-state index in [0.29, 0.717) is 36.0 Å². The summed E-state index contributed by atoms with van der Waals surface area (Å²) < 4.78 is 0. The van der Waals surface area contributed by atoms with E-state index in [9.17, 15) is 9.59 Å². The number of benzene rings is 2. The molecule has 0 aliphatic heterocycles. The second kappa shape index (κ2) is 13.3. The van der Waals surface area contributed by atoms with Crippen molar-refractivity contribution < 1.29 is 9.59 Å². The number of rotatable bonds is 12. The van der Waals surface area contributed by atoms with Gasteiger partial charge >= 0.3 is 0 Å². The average Bonchev–Trinajstić information content (AvgIpc) is 2.75. The van der Waals surface area contributed by atoms with E-state index in [1.54, 1.807) is 16.7 Å². The normalized spacial score (nSPS) is 11.7. The van der Waals surface area contributed by atoms with Crippen LogP contribution < -0.4 is 5.32 Å². The summed E-state index contributed by atoms with van der Waals surface area (Å²) in [4.78, 5) is 27.5. The quantitative estimate of drug-likeness (QED) is 0.501. The third kappa shape index (κ3) is 8.04. The lowest BCUT2D eigenvalue weighted by molar-refractivity contribution is -0.138. The zero-order valence-corrected chi connectivity index (χ0v) is 19.3. The molecule has 1 atom stereocenters. The largest absolute Gasteiger partial charge is 0.354 e. The van der Waals surface area contributed by atoms with E-state index < -0.39 is 6.04 Å². The third-order valence-corrected chi connectivity index (χ3v) is 6.03. The molecule has 0 fully saturated rings. The van der Waals surface area contributed by atoms with Crippen molar-refractivity contribution in [1.29, 1.82) is 0 Å². The van der Waals surface area contributed by atoms with Crippen LogP contribution in [0.3, 0.4) is 0 Å². The highest BCUT2D eigenvalue weighted by molar-refractivity contribution is 7.99. The Labute approximate surface area is 189 Å². The van der Waals surface area contributed by atoms with Gasteiger partial charge in [-0.2, -0.15) is 0 Å². The molecule has 162 valence electrons. The van der Waals surface area contributed by atoms with Crippen LogP contribution in [0.25, 0.3) is 0 Å². The number of carbonyl (C=O) groups excluding carboxylic acids is 2. The number of nitrogens with zero attached hydrogens (tertiary/aromatic N) is 1. The third-order valence-electron chi connectivity index (χ3n) is 4.80. The molecule has 2 aromatic carbocycles. The first-order chi connectivity index (χ1) is 14.5. The molecule has 0 saturated carbocycles. The molecule has 1 N–H and O–H groups in total. The number of nitrogens with one attached hydrogen (secondary N) is 1. The first-order valence-electron chi connectivity index (χ1n) is 10.5. The van der Waals surface area contributed by atoms with E-state index in [0.717, 1.165) is 24.0 Å². The monoisotopic (exact) mass is 446 g/mol. The van der Waals surface area contributed by atoms with E-state index in [1.165, 1.54) is 0 Å². The topological polar surface area (TPSA) is 49.4 Å². The van der Waals surface area contributed by atoms with Gasteiger partial charge in [0.2, 0.25) is 11.8 Å². The van der Waals surface area contributed by atoms with Crippen LogP contribution >= 0.6 is 23.4 Å². The standard InChI is InChI=1S/C24H31ClN2O2S/c1-3-14-26-24(29)22(4-2)27(15-13-19-9-6-5-7-10-19)23(28)18-30-17-20-11-8-12-21(25)16-20/h5-12,16,22H,3-4,13-15,17-18H2,1-2H3,(H,26,29)/t22-/m0/s1. The SMILES string of the molecule is CCCNC(=O)[C@H](CC)N(CCc1ccccc1)C(=O)CSCc1cccc(Cl)c1. The molecule has 6 heteroatoms. The van der Waals surface area contributed by atoms with Crippen LogP contribution in [0.1, 0.15) is 37.8 Å². The predicted octanol–water partition coefficient (Wildman–Crippen LogP) is 4.95. The number of halogens is 1. The Kier molecular flexibility index (Phi) is 10.8. The fraction of sp³-hybridized carbons (Fsp3) is 0.417. The van der Waals surface area contributed by atoms with Crippen LogP contribution in [-0.4, -0.2) is 41.6 Å². The number of hydrogen-bond donors (Lipinski definition) is 1. The lowest BCUT2D eigenvalue weighted by atomic mass is 10.1. The summed E-state index contributed by atoms with van der Waals surface area (Å²) in [6.45, 7) is 5.13. The van der Waals surface area contributed by atoms with E-state index in [4.69, 9.17) is 11.6 Å². The van der Waals surface area contributed by atoms with Gasteiger partial charge in [-0.15, -0.1) is 11.8 Å². The van der Waals surface area contributed by atoms with Crippen LogP contribution in [0.2, 0.25) is 5.02 Å². The molecular weight excluding hydrogens is 416 g/mol.